The Hall–Kier alpha value is 0.270. The van der Waals surface area contributed by atoms with E-state index in [1.165, 1.54) is 18.6 Å². The van der Waals surface area contributed by atoms with Crippen LogP contribution >= 0.6 is 11.8 Å². The first-order chi connectivity index (χ1) is 5.36. The third kappa shape index (κ3) is 1.71. The van der Waals surface area contributed by atoms with Gasteiger partial charge in [-0.15, -0.1) is 0 Å². The summed E-state index contributed by atoms with van der Waals surface area (Å²) >= 11 is 2.05. The fraction of sp³-hybridized carbons (Fsp3) is 1.00. The van der Waals surface area contributed by atoms with Crippen molar-refractivity contribution < 1.29 is 4.74 Å². The van der Waals surface area contributed by atoms with Gasteiger partial charge >= 0.3 is 0 Å². The maximum atomic E-state index is 5.62. The molecule has 3 heteroatoms. The molecule has 2 rings (SSSR count). The van der Waals surface area contributed by atoms with Gasteiger partial charge in [-0.3, -0.25) is 5.32 Å². The van der Waals surface area contributed by atoms with Crippen LogP contribution in [0.3, 0.4) is 0 Å². The summed E-state index contributed by atoms with van der Waals surface area (Å²) in [6.07, 6.45) is 3.04. The summed E-state index contributed by atoms with van der Waals surface area (Å²) < 4.78 is 5.62. The zero-order valence-corrected chi connectivity index (χ0v) is 7.69. The summed E-state index contributed by atoms with van der Waals surface area (Å²) in [5.74, 6) is 1.32. The van der Waals surface area contributed by atoms with Crippen molar-refractivity contribution in [2.45, 2.75) is 37.3 Å². The lowest BCUT2D eigenvalue weighted by Crippen LogP contribution is -2.35. The molecular formula is C8H15NOS. The largest absolute Gasteiger partial charge is 0.361 e. The zero-order chi connectivity index (χ0) is 7.68. The van der Waals surface area contributed by atoms with E-state index in [2.05, 4.69) is 24.0 Å². The molecule has 3 unspecified atom stereocenters. The molecule has 2 fully saturated rings. The molecule has 0 spiro atoms. The fourth-order valence-corrected chi connectivity index (χ4v) is 2.98. The second-order valence-electron chi connectivity index (χ2n) is 3.37. The Labute approximate surface area is 72.1 Å². The zero-order valence-electron chi connectivity index (χ0n) is 6.88. The van der Waals surface area contributed by atoms with Crippen LogP contribution in [0.4, 0.5) is 0 Å². The van der Waals surface area contributed by atoms with Gasteiger partial charge in [0.25, 0.3) is 0 Å². The Balaban J connectivity index is 1.85. The van der Waals surface area contributed by atoms with E-state index in [-0.39, 0.29) is 0 Å². The minimum atomic E-state index is 0.345. The molecule has 0 aliphatic carbocycles. The third-order valence-electron chi connectivity index (χ3n) is 2.28. The number of nitrogens with one attached hydrogen (secondary N) is 1. The van der Waals surface area contributed by atoms with Crippen molar-refractivity contribution in [2.24, 2.45) is 0 Å². The summed E-state index contributed by atoms with van der Waals surface area (Å²) in [5.41, 5.74) is 0. The molecule has 2 nitrogen and oxygen atoms in total. The molecule has 0 amide bonds. The van der Waals surface area contributed by atoms with E-state index in [4.69, 9.17) is 4.74 Å². The number of hydrogen-bond donors (Lipinski definition) is 1. The van der Waals surface area contributed by atoms with Gasteiger partial charge in [0.2, 0.25) is 0 Å². The smallest absolute Gasteiger partial charge is 0.120 e. The van der Waals surface area contributed by atoms with Gasteiger partial charge in [0.1, 0.15) is 6.23 Å². The first-order valence-corrected chi connectivity index (χ1v) is 5.40. The van der Waals surface area contributed by atoms with Crippen LogP contribution in [-0.2, 0) is 4.74 Å². The molecule has 2 heterocycles. The summed E-state index contributed by atoms with van der Waals surface area (Å²) in [7, 11) is 0. The van der Waals surface area contributed by atoms with E-state index in [1.807, 2.05) is 0 Å². The highest BCUT2D eigenvalue weighted by Gasteiger charge is 2.31. The second kappa shape index (κ2) is 3.33. The third-order valence-corrected chi connectivity index (χ3v) is 3.71. The van der Waals surface area contributed by atoms with E-state index in [9.17, 15) is 0 Å². The standard InChI is InChI=1S/C8H15NOS/c1-6-5-10-8(9-6)7-3-2-4-11-7/h6-9H,2-5H2,1H3. The molecule has 2 aliphatic heterocycles. The molecule has 64 valence electrons. The quantitative estimate of drug-likeness (QED) is 0.644. The summed E-state index contributed by atoms with van der Waals surface area (Å²) in [6, 6.07) is 0.557. The highest BCUT2D eigenvalue weighted by molar-refractivity contribution is 8.00. The Morgan fingerprint density at radius 3 is 3.00 bits per heavy atom. The Morgan fingerprint density at radius 1 is 1.55 bits per heavy atom. The first kappa shape index (κ1) is 7.90. The number of ether oxygens (including phenoxy) is 1. The van der Waals surface area contributed by atoms with Crippen LogP contribution in [0.5, 0.6) is 0 Å². The van der Waals surface area contributed by atoms with Gasteiger partial charge < -0.3 is 4.74 Å². The van der Waals surface area contributed by atoms with Crippen molar-refractivity contribution in [3.63, 3.8) is 0 Å². The van der Waals surface area contributed by atoms with E-state index in [1.54, 1.807) is 0 Å². The van der Waals surface area contributed by atoms with Crippen LogP contribution in [0.15, 0.2) is 0 Å². The summed E-state index contributed by atoms with van der Waals surface area (Å²) in [6.45, 7) is 3.07. The van der Waals surface area contributed by atoms with Gasteiger partial charge in [0, 0.05) is 11.3 Å². The lowest BCUT2D eigenvalue weighted by Gasteiger charge is -2.16. The molecule has 0 saturated carbocycles. The Morgan fingerprint density at radius 2 is 2.45 bits per heavy atom. The lowest BCUT2D eigenvalue weighted by molar-refractivity contribution is 0.0977. The van der Waals surface area contributed by atoms with Gasteiger partial charge in [-0.05, 0) is 25.5 Å². The van der Waals surface area contributed by atoms with E-state index in [0.717, 1.165) is 11.9 Å². The second-order valence-corrected chi connectivity index (χ2v) is 4.72. The molecule has 0 radical (unpaired) electrons. The van der Waals surface area contributed by atoms with Crippen LogP contribution in [0.1, 0.15) is 19.8 Å². The Bertz CT molecular complexity index is 136. The number of rotatable bonds is 1. The predicted octanol–water partition coefficient (Wildman–Crippen LogP) is 1.22. The van der Waals surface area contributed by atoms with Crippen molar-refractivity contribution in [1.82, 2.24) is 5.32 Å². The van der Waals surface area contributed by atoms with Crippen molar-refractivity contribution >= 4 is 11.8 Å². The van der Waals surface area contributed by atoms with Crippen LogP contribution in [0.2, 0.25) is 0 Å². The van der Waals surface area contributed by atoms with E-state index >= 15 is 0 Å². The Kier molecular flexibility index (Phi) is 2.39. The molecule has 0 aromatic carbocycles. The first-order valence-electron chi connectivity index (χ1n) is 4.35. The maximum absolute atomic E-state index is 5.62. The molecule has 11 heavy (non-hydrogen) atoms. The van der Waals surface area contributed by atoms with Gasteiger partial charge in [-0.1, -0.05) is 0 Å². The van der Waals surface area contributed by atoms with Crippen LogP contribution < -0.4 is 5.32 Å². The maximum Gasteiger partial charge on any atom is 0.120 e. The van der Waals surface area contributed by atoms with E-state index < -0.39 is 0 Å². The minimum absolute atomic E-state index is 0.345. The fourth-order valence-electron chi connectivity index (χ4n) is 1.68. The highest BCUT2D eigenvalue weighted by Crippen LogP contribution is 2.30. The lowest BCUT2D eigenvalue weighted by atomic mass is 10.2. The van der Waals surface area contributed by atoms with Crippen LogP contribution in [0, 0.1) is 0 Å². The van der Waals surface area contributed by atoms with Crippen molar-refractivity contribution in [3.8, 4) is 0 Å². The van der Waals surface area contributed by atoms with Gasteiger partial charge in [-0.2, -0.15) is 11.8 Å². The van der Waals surface area contributed by atoms with Crippen molar-refractivity contribution in [1.29, 1.82) is 0 Å². The van der Waals surface area contributed by atoms with Crippen molar-refractivity contribution in [3.05, 3.63) is 0 Å². The highest BCUT2D eigenvalue weighted by atomic mass is 32.2. The van der Waals surface area contributed by atoms with Gasteiger partial charge in [-0.25, -0.2) is 0 Å². The van der Waals surface area contributed by atoms with Gasteiger partial charge in [0.05, 0.1) is 6.61 Å². The number of hydrogen-bond acceptors (Lipinski definition) is 3. The molecule has 0 aromatic heterocycles. The SMILES string of the molecule is CC1COC(C2CCCS2)N1. The molecule has 3 atom stereocenters. The monoisotopic (exact) mass is 173 g/mol. The summed E-state index contributed by atoms with van der Waals surface area (Å²) in [5, 5.41) is 4.17. The molecule has 0 aromatic rings. The molecule has 0 bridgehead atoms. The average Bonchev–Trinajstić information content (AvgIpc) is 2.55. The van der Waals surface area contributed by atoms with Crippen molar-refractivity contribution in [2.75, 3.05) is 12.4 Å². The number of thioether (sulfide) groups is 1. The summed E-state index contributed by atoms with van der Waals surface area (Å²) in [4.78, 5) is 0. The molecular weight excluding hydrogens is 158 g/mol. The van der Waals surface area contributed by atoms with E-state index in [0.29, 0.717) is 12.3 Å². The molecule has 2 saturated heterocycles. The van der Waals surface area contributed by atoms with Crippen LogP contribution in [-0.4, -0.2) is 29.9 Å². The van der Waals surface area contributed by atoms with Crippen LogP contribution in [0.25, 0.3) is 0 Å². The molecule has 2 aliphatic rings. The molecule has 1 N–H and O–H groups in total. The predicted molar refractivity (Wildman–Crippen MR) is 47.8 cm³/mol. The topological polar surface area (TPSA) is 21.3 Å². The normalized spacial score (nSPS) is 45.0. The average molecular weight is 173 g/mol. The minimum Gasteiger partial charge on any atom is -0.361 e. The van der Waals surface area contributed by atoms with Gasteiger partial charge in [0.15, 0.2) is 0 Å².